The molecule has 0 bridgehead atoms. The van der Waals surface area contributed by atoms with Gasteiger partial charge in [0.15, 0.2) is 0 Å². The molecule has 1 aliphatic carbocycles. The first-order valence-corrected chi connectivity index (χ1v) is 12.7. The molecule has 1 aliphatic heterocycles. The van der Waals surface area contributed by atoms with Gasteiger partial charge in [0, 0.05) is 43.4 Å². The van der Waals surface area contributed by atoms with Crippen LogP contribution < -0.4 is 0 Å². The Morgan fingerprint density at radius 2 is 1.83 bits per heavy atom. The van der Waals surface area contributed by atoms with Gasteiger partial charge in [-0.3, -0.25) is 4.79 Å². The molecule has 2 aliphatic rings. The van der Waals surface area contributed by atoms with Gasteiger partial charge in [0.1, 0.15) is 0 Å². The molecular weight excluding hydrogens is 448 g/mol. The molecule has 1 amide bonds. The van der Waals surface area contributed by atoms with Crippen LogP contribution >= 0.6 is 23.4 Å². The summed E-state index contributed by atoms with van der Waals surface area (Å²) in [4.78, 5) is 14.5. The number of hydrogen-bond acceptors (Lipinski definition) is 7. The topological polar surface area (TPSA) is 101 Å². The van der Waals surface area contributed by atoms with Crippen LogP contribution in [-0.2, 0) is 14.8 Å². The summed E-state index contributed by atoms with van der Waals surface area (Å²) in [6.45, 7) is 1.39. The highest BCUT2D eigenvalue weighted by atomic mass is 35.5. The van der Waals surface area contributed by atoms with Gasteiger partial charge in [-0.2, -0.15) is 4.31 Å². The summed E-state index contributed by atoms with van der Waals surface area (Å²) in [6, 6.07) is 6.58. The Labute approximate surface area is 184 Å². The predicted octanol–water partition coefficient (Wildman–Crippen LogP) is 2.07. The number of amides is 1. The van der Waals surface area contributed by atoms with Gasteiger partial charge in [0.25, 0.3) is 0 Å². The monoisotopic (exact) mass is 470 g/mol. The lowest BCUT2D eigenvalue weighted by Gasteiger charge is -2.34. The van der Waals surface area contributed by atoms with E-state index in [0.717, 1.165) is 30.2 Å². The number of halogens is 1. The second-order valence-electron chi connectivity index (χ2n) is 7.33. The zero-order valence-corrected chi connectivity index (χ0v) is 18.7. The number of piperazine rings is 1. The smallest absolute Gasteiger partial charge is 0.243 e. The summed E-state index contributed by atoms with van der Waals surface area (Å²) in [7, 11) is -3.57. The summed E-state index contributed by atoms with van der Waals surface area (Å²) < 4.78 is 28.8. The fourth-order valence-corrected chi connectivity index (χ4v) is 5.74. The number of sulfonamides is 1. The number of tetrazole rings is 1. The van der Waals surface area contributed by atoms with Crippen molar-refractivity contribution >= 4 is 39.3 Å². The van der Waals surface area contributed by atoms with E-state index in [1.165, 1.54) is 16.4 Å². The van der Waals surface area contributed by atoms with E-state index in [1.54, 1.807) is 28.8 Å². The van der Waals surface area contributed by atoms with Crippen LogP contribution in [0.25, 0.3) is 0 Å². The lowest BCUT2D eigenvalue weighted by Crippen LogP contribution is -2.50. The van der Waals surface area contributed by atoms with E-state index < -0.39 is 10.0 Å². The molecule has 2 fully saturated rings. The van der Waals surface area contributed by atoms with Gasteiger partial charge in [0.2, 0.25) is 21.1 Å². The highest BCUT2D eigenvalue weighted by Crippen LogP contribution is 2.36. The summed E-state index contributed by atoms with van der Waals surface area (Å²) in [5, 5.41) is 13.1. The molecule has 12 heteroatoms. The van der Waals surface area contributed by atoms with Crippen molar-refractivity contribution in [3.63, 3.8) is 0 Å². The number of benzene rings is 1. The molecule has 0 radical (unpaired) electrons. The van der Waals surface area contributed by atoms with Gasteiger partial charge in [-0.1, -0.05) is 23.4 Å². The van der Waals surface area contributed by atoms with E-state index in [4.69, 9.17) is 11.6 Å². The fourth-order valence-electron chi connectivity index (χ4n) is 3.31. The summed E-state index contributed by atoms with van der Waals surface area (Å²) in [5.41, 5.74) is 0. The van der Waals surface area contributed by atoms with Crippen LogP contribution in [0.2, 0.25) is 5.02 Å². The van der Waals surface area contributed by atoms with Crippen molar-refractivity contribution in [2.45, 2.75) is 41.8 Å². The van der Waals surface area contributed by atoms with E-state index in [2.05, 4.69) is 15.5 Å². The third kappa shape index (κ3) is 4.96. The lowest BCUT2D eigenvalue weighted by molar-refractivity contribution is -0.132. The number of carbonyl (C=O) groups excluding carboxylic acids is 1. The van der Waals surface area contributed by atoms with Crippen molar-refractivity contribution in [3.8, 4) is 0 Å². The minimum atomic E-state index is -3.57. The summed E-state index contributed by atoms with van der Waals surface area (Å²) in [6.07, 6.45) is 3.40. The SMILES string of the molecule is O=C(CCCSc1nnnn1C1CC1)N1CCN(S(=O)(=O)c2ccc(Cl)cc2)CC1. The van der Waals surface area contributed by atoms with Crippen LogP contribution in [-0.4, -0.2) is 75.7 Å². The zero-order valence-electron chi connectivity index (χ0n) is 16.4. The number of carbonyl (C=O) groups is 1. The maximum Gasteiger partial charge on any atom is 0.243 e. The van der Waals surface area contributed by atoms with Gasteiger partial charge in [-0.25, -0.2) is 13.1 Å². The average Bonchev–Trinajstić information content (AvgIpc) is 3.49. The number of hydrogen-bond donors (Lipinski definition) is 0. The first kappa shape index (κ1) is 21.5. The molecule has 1 saturated carbocycles. The van der Waals surface area contributed by atoms with Crippen LogP contribution in [0.1, 0.15) is 31.7 Å². The maximum atomic E-state index is 12.7. The first-order chi connectivity index (χ1) is 14.4. The number of nitrogens with zero attached hydrogens (tertiary/aromatic N) is 6. The minimum absolute atomic E-state index is 0.0564. The van der Waals surface area contributed by atoms with Crippen molar-refractivity contribution in [3.05, 3.63) is 29.3 Å². The Hall–Kier alpha value is -1.69. The Bertz CT molecular complexity index is 986. The lowest BCUT2D eigenvalue weighted by atomic mass is 10.2. The molecule has 2 heterocycles. The molecule has 4 rings (SSSR count). The Morgan fingerprint density at radius 1 is 1.13 bits per heavy atom. The quantitative estimate of drug-likeness (QED) is 0.430. The molecular formula is C18H23ClN6O3S2. The van der Waals surface area contributed by atoms with Crippen LogP contribution in [0.15, 0.2) is 34.3 Å². The largest absolute Gasteiger partial charge is 0.340 e. The van der Waals surface area contributed by atoms with Gasteiger partial charge < -0.3 is 4.90 Å². The van der Waals surface area contributed by atoms with Crippen molar-refractivity contribution in [2.75, 3.05) is 31.9 Å². The van der Waals surface area contributed by atoms with Crippen LogP contribution in [0.4, 0.5) is 0 Å². The summed E-state index contributed by atoms with van der Waals surface area (Å²) in [5.74, 6) is 0.824. The number of aromatic nitrogens is 4. The van der Waals surface area contributed by atoms with Gasteiger partial charge in [-0.15, -0.1) is 5.10 Å². The van der Waals surface area contributed by atoms with E-state index in [1.807, 2.05) is 4.68 Å². The second-order valence-corrected chi connectivity index (χ2v) is 10.8. The Morgan fingerprint density at radius 3 is 2.50 bits per heavy atom. The normalized spacial score (nSPS) is 18.0. The maximum absolute atomic E-state index is 12.7. The molecule has 1 aromatic heterocycles. The molecule has 162 valence electrons. The van der Waals surface area contributed by atoms with E-state index in [-0.39, 0.29) is 10.8 Å². The van der Waals surface area contributed by atoms with E-state index in [0.29, 0.717) is 43.7 Å². The van der Waals surface area contributed by atoms with E-state index >= 15 is 0 Å². The molecule has 0 atom stereocenters. The first-order valence-electron chi connectivity index (χ1n) is 9.89. The third-order valence-corrected chi connectivity index (χ3v) is 8.35. The molecule has 0 N–H and O–H groups in total. The van der Waals surface area contributed by atoms with Crippen molar-refractivity contribution in [2.24, 2.45) is 0 Å². The number of rotatable bonds is 8. The highest BCUT2D eigenvalue weighted by molar-refractivity contribution is 7.99. The van der Waals surface area contributed by atoms with Crippen molar-refractivity contribution < 1.29 is 13.2 Å². The predicted molar refractivity (Wildman–Crippen MR) is 113 cm³/mol. The average molecular weight is 471 g/mol. The molecule has 9 nitrogen and oxygen atoms in total. The molecule has 30 heavy (non-hydrogen) atoms. The molecule has 2 aromatic rings. The number of thioether (sulfide) groups is 1. The van der Waals surface area contributed by atoms with Crippen molar-refractivity contribution in [1.82, 2.24) is 29.4 Å². The van der Waals surface area contributed by atoms with E-state index in [9.17, 15) is 13.2 Å². The molecule has 1 saturated heterocycles. The van der Waals surface area contributed by atoms with Crippen LogP contribution in [0.3, 0.4) is 0 Å². The van der Waals surface area contributed by atoms with Crippen LogP contribution in [0.5, 0.6) is 0 Å². The van der Waals surface area contributed by atoms with Gasteiger partial charge >= 0.3 is 0 Å². The highest BCUT2D eigenvalue weighted by Gasteiger charge is 2.30. The minimum Gasteiger partial charge on any atom is -0.340 e. The molecule has 1 aromatic carbocycles. The fraction of sp³-hybridized carbons (Fsp3) is 0.556. The Kier molecular flexibility index (Phi) is 6.61. The Balaban J connectivity index is 1.21. The molecule has 0 unspecified atom stereocenters. The van der Waals surface area contributed by atoms with Crippen molar-refractivity contribution in [1.29, 1.82) is 0 Å². The van der Waals surface area contributed by atoms with Gasteiger partial charge in [-0.05, 0) is 54.0 Å². The second kappa shape index (κ2) is 9.21. The third-order valence-electron chi connectivity index (χ3n) is 5.16. The standard InChI is InChI=1S/C18H23ClN6O3S2/c19-14-3-7-16(8-4-14)30(27,28)24-11-9-23(10-12-24)17(26)2-1-13-29-18-20-21-22-25(18)15-5-6-15/h3-4,7-8,15H,1-2,5-6,9-13H2. The molecule has 0 spiro atoms. The van der Waals surface area contributed by atoms with Crippen LogP contribution in [0, 0.1) is 0 Å². The zero-order chi connectivity index (χ0) is 21.1. The van der Waals surface area contributed by atoms with Gasteiger partial charge in [0.05, 0.1) is 10.9 Å². The summed E-state index contributed by atoms with van der Waals surface area (Å²) >= 11 is 7.41.